The summed E-state index contributed by atoms with van der Waals surface area (Å²) in [6, 6.07) is 0. The van der Waals surface area contributed by atoms with Gasteiger partial charge in [0.15, 0.2) is 0 Å². The Balaban J connectivity index is 1.82. The van der Waals surface area contributed by atoms with Crippen molar-refractivity contribution in [1.82, 2.24) is 0 Å². The first-order valence-corrected chi connectivity index (χ1v) is 9.04. The molecule has 3 nitrogen and oxygen atoms in total. The molecule has 128 valence electrons. The van der Waals surface area contributed by atoms with Gasteiger partial charge in [-0.05, 0) is 68.1 Å². The molecule has 1 fully saturated rings. The van der Waals surface area contributed by atoms with Gasteiger partial charge in [-0.15, -0.1) is 0 Å². The maximum Gasteiger partial charge on any atom is 0.333 e. The third-order valence-corrected chi connectivity index (χ3v) is 7.39. The van der Waals surface area contributed by atoms with Gasteiger partial charge in [0.1, 0.15) is 0 Å². The molecule has 2 aliphatic carbocycles. The molecule has 1 saturated carbocycles. The molecular formula is C20H30O3. The van der Waals surface area contributed by atoms with Gasteiger partial charge < -0.3 is 9.84 Å². The van der Waals surface area contributed by atoms with Gasteiger partial charge in [-0.3, -0.25) is 0 Å². The highest BCUT2D eigenvalue weighted by atomic mass is 16.6. The number of ether oxygens (including phenoxy) is 1. The number of hydrogen-bond donors (Lipinski definition) is 1. The fourth-order valence-corrected chi connectivity index (χ4v) is 5.38. The molecule has 3 aliphatic rings. The van der Waals surface area contributed by atoms with Crippen LogP contribution in [0.25, 0.3) is 0 Å². The summed E-state index contributed by atoms with van der Waals surface area (Å²) in [5, 5.41) is 9.84. The second-order valence-electron chi connectivity index (χ2n) is 8.39. The van der Waals surface area contributed by atoms with Crippen LogP contribution in [0.1, 0.15) is 66.2 Å². The van der Waals surface area contributed by atoms with E-state index in [9.17, 15) is 9.90 Å². The molecule has 0 bridgehead atoms. The predicted octanol–water partition coefficient (Wildman–Crippen LogP) is 4.37. The van der Waals surface area contributed by atoms with Crippen molar-refractivity contribution in [3.05, 3.63) is 23.3 Å². The fourth-order valence-electron chi connectivity index (χ4n) is 5.38. The minimum atomic E-state index is -1.02. The topological polar surface area (TPSA) is 46.5 Å². The third kappa shape index (κ3) is 2.67. The first-order chi connectivity index (χ1) is 10.8. The van der Waals surface area contributed by atoms with Crippen LogP contribution in [0.5, 0.6) is 0 Å². The molecule has 1 heterocycles. The maximum absolute atomic E-state index is 11.3. The summed E-state index contributed by atoms with van der Waals surface area (Å²) in [5.41, 5.74) is 2.87. The Morgan fingerprint density at radius 3 is 2.74 bits per heavy atom. The Bertz CT molecular complexity index is 561. The Morgan fingerprint density at radius 2 is 2.09 bits per heavy atom. The highest BCUT2D eigenvalue weighted by Gasteiger charge is 2.53. The number of carbonyl (C=O) groups excluding carboxylic acids is 1. The molecule has 0 saturated heterocycles. The summed E-state index contributed by atoms with van der Waals surface area (Å²) in [4.78, 5) is 11.3. The van der Waals surface area contributed by atoms with Crippen molar-refractivity contribution in [2.24, 2.45) is 22.7 Å². The Kier molecular flexibility index (Phi) is 4.20. The van der Waals surface area contributed by atoms with Crippen LogP contribution >= 0.6 is 0 Å². The standard InChI is InChI=1S/C20H30O3/c1-13-6-5-7-16-19(13,3)10-8-14(2)20(16,4)11-9-15-12-17(21)23-18(15)22/h6,12,14,16,18,22H,5,7-11H2,1-4H3/t14-,16+,18?,19+,20+/m0/s1. The number of rotatable bonds is 3. The van der Waals surface area contributed by atoms with Crippen molar-refractivity contribution in [2.75, 3.05) is 0 Å². The number of aliphatic hydroxyl groups is 1. The number of cyclic esters (lactones) is 1. The minimum Gasteiger partial charge on any atom is -0.429 e. The number of allylic oxidation sites excluding steroid dienone is 2. The summed E-state index contributed by atoms with van der Waals surface area (Å²) in [6.45, 7) is 9.57. The van der Waals surface area contributed by atoms with Crippen LogP contribution < -0.4 is 0 Å². The molecule has 1 N–H and O–H groups in total. The zero-order valence-electron chi connectivity index (χ0n) is 14.9. The van der Waals surface area contributed by atoms with Crippen molar-refractivity contribution < 1.29 is 14.6 Å². The second kappa shape index (κ2) is 5.77. The highest BCUT2D eigenvalue weighted by molar-refractivity contribution is 5.85. The van der Waals surface area contributed by atoms with Crippen LogP contribution in [0.4, 0.5) is 0 Å². The molecule has 1 aliphatic heterocycles. The van der Waals surface area contributed by atoms with Crippen LogP contribution in [0.3, 0.4) is 0 Å². The van der Waals surface area contributed by atoms with Crippen molar-refractivity contribution in [3.63, 3.8) is 0 Å². The second-order valence-corrected chi connectivity index (χ2v) is 8.39. The lowest BCUT2D eigenvalue weighted by atomic mass is 9.47. The van der Waals surface area contributed by atoms with Gasteiger partial charge in [-0.2, -0.15) is 0 Å². The molecule has 0 aromatic heterocycles. The number of hydrogen-bond acceptors (Lipinski definition) is 3. The molecule has 0 aromatic rings. The normalized spacial score (nSPS) is 43.5. The Morgan fingerprint density at radius 1 is 1.35 bits per heavy atom. The lowest BCUT2D eigenvalue weighted by Gasteiger charge is -2.58. The van der Waals surface area contributed by atoms with Crippen LogP contribution in [-0.4, -0.2) is 17.4 Å². The molecule has 23 heavy (non-hydrogen) atoms. The number of esters is 1. The van der Waals surface area contributed by atoms with E-state index in [1.807, 2.05) is 0 Å². The van der Waals surface area contributed by atoms with Gasteiger partial charge in [0, 0.05) is 11.6 Å². The van der Waals surface area contributed by atoms with E-state index < -0.39 is 12.3 Å². The minimum absolute atomic E-state index is 0.245. The molecule has 5 atom stereocenters. The molecule has 0 spiro atoms. The fraction of sp³-hybridized carbons (Fsp3) is 0.750. The molecule has 0 radical (unpaired) electrons. The summed E-state index contributed by atoms with van der Waals surface area (Å²) in [5.74, 6) is 0.942. The van der Waals surface area contributed by atoms with E-state index >= 15 is 0 Å². The Labute approximate surface area is 139 Å². The van der Waals surface area contributed by atoms with E-state index in [4.69, 9.17) is 4.74 Å². The maximum atomic E-state index is 11.3. The van der Waals surface area contributed by atoms with Gasteiger partial charge >= 0.3 is 5.97 Å². The van der Waals surface area contributed by atoms with Crippen molar-refractivity contribution >= 4 is 5.97 Å². The zero-order chi connectivity index (χ0) is 16.8. The average molecular weight is 318 g/mol. The van der Waals surface area contributed by atoms with E-state index in [1.165, 1.54) is 31.8 Å². The van der Waals surface area contributed by atoms with E-state index in [1.54, 1.807) is 5.57 Å². The van der Waals surface area contributed by atoms with Gasteiger partial charge in [0.2, 0.25) is 6.29 Å². The van der Waals surface area contributed by atoms with Crippen LogP contribution in [0.2, 0.25) is 0 Å². The van der Waals surface area contributed by atoms with Crippen molar-refractivity contribution in [1.29, 1.82) is 0 Å². The van der Waals surface area contributed by atoms with E-state index in [0.29, 0.717) is 17.3 Å². The van der Waals surface area contributed by atoms with Gasteiger partial charge in [0.05, 0.1) is 0 Å². The molecule has 1 unspecified atom stereocenters. The van der Waals surface area contributed by atoms with Crippen LogP contribution in [-0.2, 0) is 9.53 Å². The first kappa shape index (κ1) is 16.8. The average Bonchev–Trinajstić information content (AvgIpc) is 2.82. The predicted molar refractivity (Wildman–Crippen MR) is 90.5 cm³/mol. The smallest absolute Gasteiger partial charge is 0.333 e. The summed E-state index contributed by atoms with van der Waals surface area (Å²) >= 11 is 0. The van der Waals surface area contributed by atoms with E-state index in [0.717, 1.165) is 18.4 Å². The quantitative estimate of drug-likeness (QED) is 0.621. The van der Waals surface area contributed by atoms with Gasteiger partial charge in [-0.1, -0.05) is 32.4 Å². The van der Waals surface area contributed by atoms with Crippen molar-refractivity contribution in [3.8, 4) is 0 Å². The molecule has 3 heteroatoms. The highest BCUT2D eigenvalue weighted by Crippen LogP contribution is 2.61. The Hall–Kier alpha value is -1.09. The molecule has 3 rings (SSSR count). The van der Waals surface area contributed by atoms with Gasteiger partial charge in [0.25, 0.3) is 0 Å². The van der Waals surface area contributed by atoms with E-state index in [-0.39, 0.29) is 5.41 Å². The third-order valence-electron chi connectivity index (χ3n) is 7.39. The van der Waals surface area contributed by atoms with Gasteiger partial charge in [-0.25, -0.2) is 4.79 Å². The monoisotopic (exact) mass is 318 g/mol. The molecule has 0 amide bonds. The zero-order valence-corrected chi connectivity index (χ0v) is 14.9. The van der Waals surface area contributed by atoms with Crippen LogP contribution in [0.15, 0.2) is 23.3 Å². The summed E-state index contributed by atoms with van der Waals surface area (Å²) in [7, 11) is 0. The number of aliphatic hydroxyl groups excluding tert-OH is 1. The van der Waals surface area contributed by atoms with E-state index in [2.05, 4.69) is 33.8 Å². The number of fused-ring (bicyclic) bond motifs is 1. The first-order valence-electron chi connectivity index (χ1n) is 9.04. The summed E-state index contributed by atoms with van der Waals surface area (Å²) in [6.07, 6.45) is 9.63. The lowest BCUT2D eigenvalue weighted by molar-refractivity contribution is -0.151. The summed E-state index contributed by atoms with van der Waals surface area (Å²) < 4.78 is 4.83. The lowest BCUT2D eigenvalue weighted by Crippen LogP contribution is -2.49. The van der Waals surface area contributed by atoms with Crippen molar-refractivity contribution in [2.45, 2.75) is 72.5 Å². The number of carbonyl (C=O) groups is 1. The van der Waals surface area contributed by atoms with Crippen LogP contribution in [0, 0.1) is 22.7 Å². The molecule has 0 aromatic carbocycles. The molecular weight excluding hydrogens is 288 g/mol. The largest absolute Gasteiger partial charge is 0.429 e. The SMILES string of the molecule is CC1=CCC[C@H]2[C@](C)(CCC3=CC(=O)OC3O)[C@@H](C)CC[C@]12C.